The van der Waals surface area contributed by atoms with E-state index in [2.05, 4.69) is 5.43 Å². The third-order valence-electron chi connectivity index (χ3n) is 3.13. The average Bonchev–Trinajstić information content (AvgIpc) is 2.55. The molecular weight excluding hydrogens is 379 g/mol. The molecule has 26 heavy (non-hydrogen) atoms. The van der Waals surface area contributed by atoms with Crippen LogP contribution in [0.1, 0.15) is 25.0 Å². The predicted molar refractivity (Wildman–Crippen MR) is 98.5 cm³/mol. The molecule has 1 radical (unpaired) electrons. The first-order valence-electron chi connectivity index (χ1n) is 7.47. The minimum absolute atomic E-state index is 0. The van der Waals surface area contributed by atoms with Crippen molar-refractivity contribution in [2.75, 3.05) is 0 Å². The molecule has 0 saturated heterocycles. The topological polar surface area (TPSA) is 116 Å². The predicted octanol–water partition coefficient (Wildman–Crippen LogP) is 3.09. The second-order valence-electron chi connectivity index (χ2n) is 5.17. The number of hydrogen-bond acceptors (Lipinski definition) is 5. The van der Waals surface area contributed by atoms with Crippen LogP contribution in [0.4, 0.5) is 0 Å². The summed E-state index contributed by atoms with van der Waals surface area (Å²) in [5.41, 5.74) is 5.47. The van der Waals surface area contributed by atoms with Gasteiger partial charge in [-0.25, -0.2) is 0 Å². The zero-order valence-electron chi connectivity index (χ0n) is 14.4. The van der Waals surface area contributed by atoms with E-state index >= 15 is 0 Å². The molecule has 2 aromatic rings. The van der Waals surface area contributed by atoms with Crippen LogP contribution in [0.3, 0.4) is 0 Å². The third kappa shape index (κ3) is 7.89. The summed E-state index contributed by atoms with van der Waals surface area (Å²) in [6, 6.07) is 14.0. The number of aliphatic carboxylic acids is 1. The van der Waals surface area contributed by atoms with E-state index in [-0.39, 0.29) is 28.3 Å². The molecule has 141 valence electrons. The number of carbonyl (C=O) groups is 1. The number of nitrogens with one attached hydrogen (secondary N) is 1. The molecule has 2 aromatic carbocycles. The van der Waals surface area contributed by atoms with E-state index in [9.17, 15) is 10.2 Å². The van der Waals surface area contributed by atoms with Gasteiger partial charge in [0.05, 0.1) is 5.70 Å². The Morgan fingerprint density at radius 1 is 0.923 bits per heavy atom. The van der Waals surface area contributed by atoms with Crippen LogP contribution in [0.5, 0.6) is 11.5 Å². The molecule has 0 aliphatic rings. The van der Waals surface area contributed by atoms with E-state index in [1.165, 1.54) is 0 Å². The number of nitrogens with two attached hydrogens (primary N) is 1. The molecule has 0 fully saturated rings. The van der Waals surface area contributed by atoms with Gasteiger partial charge in [0.25, 0.3) is 5.97 Å². The minimum Gasteiger partial charge on any atom is -0.507 e. The number of benzene rings is 2. The third-order valence-corrected chi connectivity index (χ3v) is 3.13. The molecule has 0 atom stereocenters. The van der Waals surface area contributed by atoms with Gasteiger partial charge in [-0.1, -0.05) is 36.4 Å². The van der Waals surface area contributed by atoms with Crippen LogP contribution in [0, 0.1) is 0 Å². The van der Waals surface area contributed by atoms with E-state index in [1.54, 1.807) is 36.4 Å². The Kier molecular flexibility index (Phi) is 10.5. The molecule has 6 N–H and O–H groups in total. The number of hydrazine groups is 1. The minimum atomic E-state index is -0.833. The van der Waals surface area contributed by atoms with Crippen molar-refractivity contribution >= 4 is 18.1 Å². The van der Waals surface area contributed by atoms with Crippen molar-refractivity contribution in [1.82, 2.24) is 5.43 Å². The van der Waals surface area contributed by atoms with Gasteiger partial charge in [0.1, 0.15) is 11.5 Å². The Bertz CT molecular complexity index is 785. The molecule has 7 heteroatoms. The van der Waals surface area contributed by atoms with E-state index < -0.39 is 5.97 Å². The molecular formula is C19H22CoN2O4. The average molecular weight is 401 g/mol. The number of phenols is 2. The van der Waals surface area contributed by atoms with Crippen LogP contribution >= 0.6 is 0 Å². The van der Waals surface area contributed by atoms with Gasteiger partial charge in [0.2, 0.25) is 0 Å². The van der Waals surface area contributed by atoms with Gasteiger partial charge in [0, 0.05) is 34.8 Å². The van der Waals surface area contributed by atoms with E-state index in [4.69, 9.17) is 15.7 Å². The van der Waals surface area contributed by atoms with E-state index in [0.29, 0.717) is 16.8 Å². The molecule has 0 spiro atoms. The Morgan fingerprint density at radius 3 is 1.69 bits per heavy atom. The van der Waals surface area contributed by atoms with Gasteiger partial charge >= 0.3 is 0 Å². The number of allylic oxidation sites excluding steroid dienone is 1. The van der Waals surface area contributed by atoms with Crippen LogP contribution in [-0.4, -0.2) is 21.3 Å². The SMILES string of the molecule is CC(=Cc1ccccc1O)C(=Cc1ccccc1O)NN.CC(=O)O.[Co]. The van der Waals surface area contributed by atoms with Crippen LogP contribution in [0.25, 0.3) is 12.2 Å². The van der Waals surface area contributed by atoms with E-state index in [1.807, 2.05) is 31.2 Å². The number of aromatic hydroxyl groups is 2. The van der Waals surface area contributed by atoms with Crippen LogP contribution in [0.15, 0.2) is 59.8 Å². The van der Waals surface area contributed by atoms with Crippen molar-refractivity contribution < 1.29 is 36.9 Å². The van der Waals surface area contributed by atoms with Crippen molar-refractivity contribution in [1.29, 1.82) is 0 Å². The summed E-state index contributed by atoms with van der Waals surface area (Å²) < 4.78 is 0. The summed E-state index contributed by atoms with van der Waals surface area (Å²) in [6.07, 6.45) is 3.57. The number of carboxylic acid groups (broad SMARTS) is 1. The fraction of sp³-hybridized carbons (Fsp3) is 0.105. The molecule has 0 saturated carbocycles. The standard InChI is InChI=1S/C17H18N2O2.C2H4O2.Co/c1-12(10-13-6-2-4-8-16(13)20)15(19-18)11-14-7-3-5-9-17(14)21;1-2(3)4;/h2-11,19-21H,18H2,1H3;1H3,(H,3,4);. The maximum Gasteiger partial charge on any atom is 0.300 e. The summed E-state index contributed by atoms with van der Waals surface area (Å²) in [4.78, 5) is 9.00. The summed E-state index contributed by atoms with van der Waals surface area (Å²) >= 11 is 0. The van der Waals surface area contributed by atoms with E-state index in [0.717, 1.165) is 12.5 Å². The van der Waals surface area contributed by atoms with Crippen LogP contribution < -0.4 is 11.3 Å². The number of rotatable bonds is 4. The van der Waals surface area contributed by atoms with Crippen molar-refractivity contribution in [3.8, 4) is 11.5 Å². The first kappa shape index (κ1) is 23.3. The number of carboxylic acids is 1. The summed E-state index contributed by atoms with van der Waals surface area (Å²) in [7, 11) is 0. The van der Waals surface area contributed by atoms with Gasteiger partial charge in [0.15, 0.2) is 0 Å². The Hall–Kier alpha value is -2.74. The van der Waals surface area contributed by atoms with Gasteiger partial charge in [-0.15, -0.1) is 0 Å². The van der Waals surface area contributed by atoms with Crippen LogP contribution in [0.2, 0.25) is 0 Å². The summed E-state index contributed by atoms with van der Waals surface area (Å²) in [5.74, 6) is 5.11. The monoisotopic (exact) mass is 401 g/mol. The second kappa shape index (κ2) is 11.7. The molecule has 0 aromatic heterocycles. The number of phenolic OH excluding ortho intramolecular Hbond substituents is 2. The Labute approximate surface area is 162 Å². The molecule has 0 amide bonds. The normalized spacial score (nSPS) is 10.9. The van der Waals surface area contributed by atoms with Gasteiger partial charge in [-0.05, 0) is 36.8 Å². The quantitative estimate of drug-likeness (QED) is 0.306. The van der Waals surface area contributed by atoms with Gasteiger partial charge in [-0.3, -0.25) is 10.6 Å². The van der Waals surface area contributed by atoms with Crippen molar-refractivity contribution in [2.24, 2.45) is 5.84 Å². The molecule has 0 aliphatic heterocycles. The molecule has 0 bridgehead atoms. The zero-order valence-corrected chi connectivity index (χ0v) is 15.5. The fourth-order valence-corrected chi connectivity index (χ4v) is 1.96. The molecule has 2 rings (SSSR count). The van der Waals surface area contributed by atoms with Crippen molar-refractivity contribution in [2.45, 2.75) is 13.8 Å². The first-order valence-corrected chi connectivity index (χ1v) is 7.47. The maximum atomic E-state index is 9.80. The van der Waals surface area contributed by atoms with Gasteiger partial charge in [-0.2, -0.15) is 0 Å². The summed E-state index contributed by atoms with van der Waals surface area (Å²) in [6.45, 7) is 2.96. The Morgan fingerprint density at radius 2 is 1.31 bits per heavy atom. The molecule has 6 nitrogen and oxygen atoms in total. The van der Waals surface area contributed by atoms with Crippen molar-refractivity contribution in [3.63, 3.8) is 0 Å². The first-order chi connectivity index (χ1) is 11.8. The largest absolute Gasteiger partial charge is 0.507 e. The number of para-hydroxylation sites is 2. The number of hydrogen-bond donors (Lipinski definition) is 5. The zero-order chi connectivity index (χ0) is 18.8. The summed E-state index contributed by atoms with van der Waals surface area (Å²) in [5, 5.41) is 27.0. The van der Waals surface area contributed by atoms with Gasteiger partial charge < -0.3 is 20.7 Å². The fourth-order valence-electron chi connectivity index (χ4n) is 1.96. The van der Waals surface area contributed by atoms with Crippen LogP contribution in [-0.2, 0) is 21.6 Å². The Balaban J connectivity index is 0.00000113. The smallest absolute Gasteiger partial charge is 0.300 e. The second-order valence-corrected chi connectivity index (χ2v) is 5.17. The van der Waals surface area contributed by atoms with Crippen molar-refractivity contribution in [3.05, 3.63) is 70.9 Å². The molecule has 0 unspecified atom stereocenters. The molecule has 0 heterocycles. The maximum absolute atomic E-state index is 9.80. The molecule has 0 aliphatic carbocycles.